The van der Waals surface area contributed by atoms with E-state index in [0.717, 1.165) is 0 Å². The molecule has 1 aromatic heterocycles. The molecule has 0 saturated carbocycles. The summed E-state index contributed by atoms with van der Waals surface area (Å²) in [6.07, 6.45) is 1.40. The monoisotopic (exact) mass is 397 g/mol. The number of carbonyl (C=O) groups is 4. The van der Waals surface area contributed by atoms with Crippen LogP contribution in [0.15, 0.2) is 41.0 Å². The van der Waals surface area contributed by atoms with Crippen LogP contribution in [0.5, 0.6) is 0 Å². The van der Waals surface area contributed by atoms with Crippen molar-refractivity contribution in [2.75, 3.05) is 11.9 Å². The van der Waals surface area contributed by atoms with Crippen LogP contribution in [0, 0.1) is 0 Å². The number of nitrogens with one attached hydrogen (secondary N) is 2. The molecule has 0 unspecified atom stereocenters. The van der Waals surface area contributed by atoms with Crippen molar-refractivity contribution in [3.63, 3.8) is 0 Å². The van der Waals surface area contributed by atoms with E-state index >= 15 is 0 Å². The van der Waals surface area contributed by atoms with E-state index in [9.17, 15) is 19.2 Å². The number of rotatable bonds is 5. The molecular formula is C20H19N3O6. The van der Waals surface area contributed by atoms with Crippen LogP contribution in [-0.4, -0.2) is 52.3 Å². The second-order valence-electron chi connectivity index (χ2n) is 7.09. The second kappa shape index (κ2) is 7.42. The van der Waals surface area contributed by atoms with Crippen molar-refractivity contribution >= 4 is 29.4 Å². The number of furan rings is 1. The van der Waals surface area contributed by atoms with E-state index in [2.05, 4.69) is 10.6 Å². The number of hydrogen-bond acceptors (Lipinski definition) is 5. The van der Waals surface area contributed by atoms with Gasteiger partial charge in [0, 0.05) is 24.6 Å². The number of benzene rings is 1. The number of amides is 3. The predicted molar refractivity (Wildman–Crippen MR) is 101 cm³/mol. The Labute approximate surface area is 165 Å². The first kappa shape index (κ1) is 18.7. The number of carboxylic acids is 1. The van der Waals surface area contributed by atoms with E-state index in [4.69, 9.17) is 9.52 Å². The lowest BCUT2D eigenvalue weighted by Crippen LogP contribution is -2.41. The predicted octanol–water partition coefficient (Wildman–Crippen LogP) is 1.46. The van der Waals surface area contributed by atoms with E-state index in [1.165, 1.54) is 4.90 Å². The average Bonchev–Trinajstić information content (AvgIpc) is 3.34. The molecule has 3 N–H and O–H groups in total. The minimum atomic E-state index is -1.06. The highest BCUT2D eigenvalue weighted by atomic mass is 16.4. The number of carbonyl (C=O) groups excluding carboxylic acids is 3. The topological polar surface area (TPSA) is 129 Å². The summed E-state index contributed by atoms with van der Waals surface area (Å²) in [4.78, 5) is 49.8. The van der Waals surface area contributed by atoms with Gasteiger partial charge in [0.1, 0.15) is 11.8 Å². The molecular weight excluding hydrogens is 378 g/mol. The van der Waals surface area contributed by atoms with Crippen LogP contribution in [0.25, 0.3) is 11.3 Å². The Balaban J connectivity index is 1.54. The third-order valence-corrected chi connectivity index (χ3v) is 5.11. The Bertz CT molecular complexity index is 984. The van der Waals surface area contributed by atoms with Gasteiger partial charge in [-0.3, -0.25) is 19.2 Å². The highest BCUT2D eigenvalue weighted by molar-refractivity contribution is 6.10. The zero-order valence-electron chi connectivity index (χ0n) is 15.4. The highest BCUT2D eigenvalue weighted by Crippen LogP contribution is 2.32. The number of hydrogen-bond donors (Lipinski definition) is 3. The normalized spacial score (nSPS) is 20.5. The molecule has 9 heteroatoms. The van der Waals surface area contributed by atoms with Crippen molar-refractivity contribution in [3.8, 4) is 11.3 Å². The molecule has 150 valence electrons. The fourth-order valence-electron chi connectivity index (χ4n) is 3.73. The summed E-state index contributed by atoms with van der Waals surface area (Å²) in [5.74, 6) is -1.48. The third-order valence-electron chi connectivity index (χ3n) is 5.11. The Morgan fingerprint density at radius 2 is 2.07 bits per heavy atom. The van der Waals surface area contributed by atoms with Crippen molar-refractivity contribution in [3.05, 3.63) is 42.2 Å². The zero-order valence-corrected chi connectivity index (χ0v) is 15.4. The first-order valence-corrected chi connectivity index (χ1v) is 9.23. The molecule has 3 amide bonds. The summed E-state index contributed by atoms with van der Waals surface area (Å²) in [7, 11) is 0. The maximum absolute atomic E-state index is 13.1. The molecule has 1 aromatic carbocycles. The number of carboxylic acid groups (broad SMARTS) is 1. The SMILES string of the molecule is O=C(O)CCC(=O)N[C@H]1C[C@H]2C(=O)Nc3ccc(-c4ccco4)cc3C(=O)N2C1. The van der Waals surface area contributed by atoms with Crippen LogP contribution in [-0.2, 0) is 14.4 Å². The van der Waals surface area contributed by atoms with Crippen LogP contribution in [0.3, 0.4) is 0 Å². The Kier molecular flexibility index (Phi) is 4.79. The van der Waals surface area contributed by atoms with Gasteiger partial charge in [-0.2, -0.15) is 0 Å². The van der Waals surface area contributed by atoms with Crippen LogP contribution in [0.4, 0.5) is 5.69 Å². The summed E-state index contributed by atoms with van der Waals surface area (Å²) in [6.45, 7) is 0.181. The summed E-state index contributed by atoms with van der Waals surface area (Å²) in [5.41, 5.74) is 1.51. The number of fused-ring (bicyclic) bond motifs is 2. The van der Waals surface area contributed by atoms with E-state index in [-0.39, 0.29) is 37.6 Å². The van der Waals surface area contributed by atoms with Crippen LogP contribution < -0.4 is 10.6 Å². The van der Waals surface area contributed by atoms with Crippen molar-refractivity contribution in [2.45, 2.75) is 31.3 Å². The number of aliphatic carboxylic acids is 1. The third kappa shape index (κ3) is 3.71. The van der Waals surface area contributed by atoms with Gasteiger partial charge in [-0.25, -0.2) is 0 Å². The van der Waals surface area contributed by atoms with Crippen molar-refractivity contribution < 1.29 is 28.7 Å². The molecule has 1 saturated heterocycles. The maximum atomic E-state index is 13.1. The smallest absolute Gasteiger partial charge is 0.303 e. The Morgan fingerprint density at radius 1 is 1.24 bits per heavy atom. The number of anilines is 1. The van der Waals surface area contributed by atoms with Gasteiger partial charge in [0.2, 0.25) is 11.8 Å². The molecule has 1 fully saturated rings. The highest BCUT2D eigenvalue weighted by Gasteiger charge is 2.43. The minimum absolute atomic E-state index is 0.147. The molecule has 4 rings (SSSR count). The van der Waals surface area contributed by atoms with E-state index in [1.807, 2.05) is 0 Å². The van der Waals surface area contributed by atoms with Crippen molar-refractivity contribution in [1.82, 2.24) is 10.2 Å². The molecule has 2 aromatic rings. The summed E-state index contributed by atoms with van der Waals surface area (Å²) in [6, 6.07) is 7.54. The van der Waals surface area contributed by atoms with E-state index in [0.29, 0.717) is 22.6 Å². The minimum Gasteiger partial charge on any atom is -0.481 e. The molecule has 2 aliphatic heterocycles. The lowest BCUT2D eigenvalue weighted by Gasteiger charge is -2.20. The molecule has 0 aliphatic carbocycles. The summed E-state index contributed by atoms with van der Waals surface area (Å²) >= 11 is 0. The molecule has 3 heterocycles. The van der Waals surface area contributed by atoms with Crippen LogP contribution in [0.2, 0.25) is 0 Å². The largest absolute Gasteiger partial charge is 0.481 e. The standard InChI is InChI=1S/C20H19N3O6/c24-17(5-6-18(25)26)21-12-9-15-19(27)22-14-4-3-11(16-2-1-7-29-16)8-13(14)20(28)23(15)10-12/h1-4,7-8,12,15H,5-6,9-10H2,(H,21,24)(H,22,27)(H,25,26)/t12-,15-/m0/s1. The first-order valence-electron chi connectivity index (χ1n) is 9.23. The summed E-state index contributed by atoms with van der Waals surface area (Å²) in [5, 5.41) is 14.2. The lowest BCUT2D eigenvalue weighted by molar-refractivity contribution is -0.138. The quantitative estimate of drug-likeness (QED) is 0.701. The van der Waals surface area contributed by atoms with Crippen LogP contribution >= 0.6 is 0 Å². The Morgan fingerprint density at radius 3 is 2.79 bits per heavy atom. The first-order chi connectivity index (χ1) is 13.9. The van der Waals surface area contributed by atoms with Crippen molar-refractivity contribution in [2.24, 2.45) is 0 Å². The van der Waals surface area contributed by atoms with Gasteiger partial charge < -0.3 is 25.1 Å². The van der Waals surface area contributed by atoms with Crippen LogP contribution in [0.1, 0.15) is 29.6 Å². The molecule has 29 heavy (non-hydrogen) atoms. The van der Waals surface area contributed by atoms with Gasteiger partial charge in [-0.15, -0.1) is 0 Å². The maximum Gasteiger partial charge on any atom is 0.303 e. The van der Waals surface area contributed by atoms with Gasteiger partial charge in [-0.05, 0) is 36.8 Å². The fourth-order valence-corrected chi connectivity index (χ4v) is 3.73. The summed E-state index contributed by atoms with van der Waals surface area (Å²) < 4.78 is 5.38. The second-order valence-corrected chi connectivity index (χ2v) is 7.09. The molecule has 0 spiro atoms. The Hall–Kier alpha value is -3.62. The van der Waals surface area contributed by atoms with Gasteiger partial charge in [0.25, 0.3) is 5.91 Å². The van der Waals surface area contributed by atoms with Gasteiger partial charge >= 0.3 is 5.97 Å². The van der Waals surface area contributed by atoms with Gasteiger partial charge in [0.15, 0.2) is 0 Å². The van der Waals surface area contributed by atoms with E-state index in [1.54, 1.807) is 36.6 Å². The molecule has 0 radical (unpaired) electrons. The molecule has 2 aliphatic rings. The number of nitrogens with zero attached hydrogens (tertiary/aromatic N) is 1. The zero-order chi connectivity index (χ0) is 20.5. The lowest BCUT2D eigenvalue weighted by atomic mass is 10.1. The van der Waals surface area contributed by atoms with Gasteiger partial charge in [-0.1, -0.05) is 0 Å². The van der Waals surface area contributed by atoms with Crippen molar-refractivity contribution in [1.29, 1.82) is 0 Å². The fraction of sp³-hybridized carbons (Fsp3) is 0.300. The molecule has 9 nitrogen and oxygen atoms in total. The molecule has 2 atom stereocenters. The average molecular weight is 397 g/mol. The molecule has 0 bridgehead atoms. The van der Waals surface area contributed by atoms with Gasteiger partial charge in [0.05, 0.1) is 23.9 Å². The van der Waals surface area contributed by atoms with E-state index < -0.39 is 24.0 Å².